The number of nitrogens with one attached hydrogen (secondary N) is 2. The highest BCUT2D eigenvalue weighted by Crippen LogP contribution is 2.33. The van der Waals surface area contributed by atoms with Crippen LogP contribution in [0.5, 0.6) is 5.75 Å². The average molecular weight is 257 g/mol. The van der Waals surface area contributed by atoms with Gasteiger partial charge in [-0.15, -0.1) is 0 Å². The summed E-state index contributed by atoms with van der Waals surface area (Å²) in [6.07, 6.45) is 0. The predicted molar refractivity (Wildman–Crippen MR) is 64.6 cm³/mol. The third-order valence-electron chi connectivity index (χ3n) is 2.30. The molecule has 1 fully saturated rings. The molecule has 2 N–H and O–H groups in total. The molecule has 1 unspecified atom stereocenters. The van der Waals surface area contributed by atoms with E-state index in [1.807, 2.05) is 0 Å². The highest BCUT2D eigenvalue weighted by molar-refractivity contribution is 7.80. The number of rotatable bonds is 2. The monoisotopic (exact) mass is 256 g/mol. The van der Waals surface area contributed by atoms with E-state index in [0.717, 1.165) is 0 Å². The number of methoxy groups -OCH3 is 1. The van der Waals surface area contributed by atoms with Crippen molar-refractivity contribution in [2.45, 2.75) is 6.04 Å². The zero-order chi connectivity index (χ0) is 11.7. The molecule has 4 nitrogen and oxygen atoms in total. The Labute approximate surface area is 103 Å². The van der Waals surface area contributed by atoms with Crippen LogP contribution in [0.15, 0.2) is 18.2 Å². The lowest BCUT2D eigenvalue weighted by atomic mass is 10.1. The molecule has 1 heterocycles. The number of hydrogen-bond acceptors (Lipinski definition) is 3. The number of benzene rings is 1. The number of ether oxygens (including phenoxy) is 1. The Morgan fingerprint density at radius 2 is 2.25 bits per heavy atom. The van der Waals surface area contributed by atoms with Crippen molar-refractivity contribution in [2.75, 3.05) is 7.11 Å². The molecule has 1 aromatic carbocycles. The van der Waals surface area contributed by atoms with Crippen LogP contribution >= 0.6 is 23.8 Å². The van der Waals surface area contributed by atoms with Crippen molar-refractivity contribution in [3.05, 3.63) is 28.8 Å². The van der Waals surface area contributed by atoms with E-state index in [0.29, 0.717) is 21.4 Å². The Morgan fingerprint density at radius 3 is 2.81 bits per heavy atom. The second kappa shape index (κ2) is 4.27. The Bertz CT molecular complexity index is 464. The van der Waals surface area contributed by atoms with Gasteiger partial charge in [-0.2, -0.15) is 0 Å². The lowest BCUT2D eigenvalue weighted by Crippen LogP contribution is -2.21. The van der Waals surface area contributed by atoms with Crippen molar-refractivity contribution in [3.8, 4) is 5.75 Å². The van der Waals surface area contributed by atoms with Gasteiger partial charge in [0.05, 0.1) is 12.1 Å². The fraction of sp³-hybridized carbons (Fsp3) is 0.200. The number of halogens is 1. The quantitative estimate of drug-likeness (QED) is 0.786. The molecule has 1 saturated heterocycles. The smallest absolute Gasteiger partial charge is 0.253 e. The van der Waals surface area contributed by atoms with E-state index in [1.54, 1.807) is 18.2 Å². The number of amides is 1. The molecule has 16 heavy (non-hydrogen) atoms. The van der Waals surface area contributed by atoms with Crippen LogP contribution in [0.1, 0.15) is 11.6 Å². The van der Waals surface area contributed by atoms with Gasteiger partial charge in [0.2, 0.25) is 0 Å². The van der Waals surface area contributed by atoms with E-state index in [-0.39, 0.29) is 5.91 Å². The van der Waals surface area contributed by atoms with E-state index in [2.05, 4.69) is 10.6 Å². The first-order valence-corrected chi connectivity index (χ1v) is 5.36. The maximum Gasteiger partial charge on any atom is 0.253 e. The van der Waals surface area contributed by atoms with Crippen LogP contribution in [-0.4, -0.2) is 18.1 Å². The first kappa shape index (κ1) is 11.2. The molecule has 2 rings (SSSR count). The molecule has 6 heteroatoms. The van der Waals surface area contributed by atoms with Gasteiger partial charge in [-0.05, 0) is 24.4 Å². The van der Waals surface area contributed by atoms with Crippen LogP contribution in [-0.2, 0) is 4.79 Å². The number of carbonyl (C=O) groups is 1. The Morgan fingerprint density at radius 1 is 1.50 bits per heavy atom. The molecular formula is C10H9ClN2O2S. The largest absolute Gasteiger partial charge is 0.496 e. The van der Waals surface area contributed by atoms with E-state index >= 15 is 0 Å². The maximum absolute atomic E-state index is 11.6. The summed E-state index contributed by atoms with van der Waals surface area (Å²) in [5.41, 5.74) is 0.601. The fourth-order valence-electron chi connectivity index (χ4n) is 1.60. The lowest BCUT2D eigenvalue weighted by molar-refractivity contribution is -0.120. The van der Waals surface area contributed by atoms with E-state index < -0.39 is 6.04 Å². The topological polar surface area (TPSA) is 50.4 Å². The van der Waals surface area contributed by atoms with Crippen LogP contribution in [0.2, 0.25) is 5.02 Å². The molecule has 1 amide bonds. The normalized spacial score (nSPS) is 19.2. The van der Waals surface area contributed by atoms with Gasteiger partial charge in [-0.25, -0.2) is 0 Å². The van der Waals surface area contributed by atoms with Crippen molar-refractivity contribution in [1.29, 1.82) is 0 Å². The predicted octanol–water partition coefficient (Wildman–Crippen LogP) is 1.39. The minimum absolute atomic E-state index is 0.226. The minimum Gasteiger partial charge on any atom is -0.496 e. The molecule has 1 aromatic rings. The second-order valence-electron chi connectivity index (χ2n) is 3.25. The number of thiocarbonyl (C=S) groups is 1. The highest BCUT2D eigenvalue weighted by atomic mass is 35.5. The van der Waals surface area contributed by atoms with Gasteiger partial charge in [0.25, 0.3) is 5.91 Å². The SMILES string of the molecule is COc1cccc(Cl)c1C1NC(=S)NC1=O. The van der Waals surface area contributed by atoms with Crippen molar-refractivity contribution in [1.82, 2.24) is 10.6 Å². The van der Waals surface area contributed by atoms with Crippen molar-refractivity contribution in [2.24, 2.45) is 0 Å². The molecule has 1 aliphatic rings. The molecule has 1 atom stereocenters. The Kier molecular flexibility index (Phi) is 2.98. The Balaban J connectivity index is 2.47. The van der Waals surface area contributed by atoms with Gasteiger partial charge >= 0.3 is 0 Å². The molecule has 0 saturated carbocycles. The van der Waals surface area contributed by atoms with Gasteiger partial charge in [-0.3, -0.25) is 4.79 Å². The van der Waals surface area contributed by atoms with Gasteiger partial charge < -0.3 is 15.4 Å². The molecule has 0 aromatic heterocycles. The zero-order valence-electron chi connectivity index (χ0n) is 8.41. The number of carbonyl (C=O) groups excluding carboxylic acids is 1. The summed E-state index contributed by atoms with van der Waals surface area (Å²) < 4.78 is 5.17. The molecule has 1 aliphatic heterocycles. The number of hydrogen-bond donors (Lipinski definition) is 2. The van der Waals surface area contributed by atoms with Crippen LogP contribution in [0.25, 0.3) is 0 Å². The molecule has 0 aliphatic carbocycles. The van der Waals surface area contributed by atoms with Gasteiger partial charge in [-0.1, -0.05) is 17.7 Å². The Hall–Kier alpha value is -1.33. The van der Waals surface area contributed by atoms with Crippen LogP contribution in [0.3, 0.4) is 0 Å². The van der Waals surface area contributed by atoms with Crippen LogP contribution in [0.4, 0.5) is 0 Å². The fourth-order valence-corrected chi connectivity index (χ4v) is 2.09. The lowest BCUT2D eigenvalue weighted by Gasteiger charge is -2.14. The average Bonchev–Trinajstić information content (AvgIpc) is 2.57. The molecule has 0 bridgehead atoms. The first-order valence-electron chi connectivity index (χ1n) is 4.57. The van der Waals surface area contributed by atoms with E-state index in [9.17, 15) is 4.79 Å². The van der Waals surface area contributed by atoms with Crippen molar-refractivity contribution in [3.63, 3.8) is 0 Å². The van der Waals surface area contributed by atoms with Gasteiger partial charge in [0, 0.05) is 5.56 Å². The molecule has 0 radical (unpaired) electrons. The van der Waals surface area contributed by atoms with E-state index in [4.69, 9.17) is 28.6 Å². The summed E-state index contributed by atoms with van der Waals surface area (Å²) in [4.78, 5) is 11.6. The summed E-state index contributed by atoms with van der Waals surface area (Å²) in [5.74, 6) is 0.334. The molecular weight excluding hydrogens is 248 g/mol. The minimum atomic E-state index is -0.587. The van der Waals surface area contributed by atoms with Crippen molar-refractivity contribution >= 4 is 34.8 Å². The summed E-state index contributed by atoms with van der Waals surface area (Å²) in [6, 6.07) is 4.62. The van der Waals surface area contributed by atoms with Crippen molar-refractivity contribution < 1.29 is 9.53 Å². The summed E-state index contributed by atoms with van der Waals surface area (Å²) in [5, 5.41) is 6.12. The summed E-state index contributed by atoms with van der Waals surface area (Å²) >= 11 is 10.9. The van der Waals surface area contributed by atoms with E-state index in [1.165, 1.54) is 7.11 Å². The third kappa shape index (κ3) is 1.83. The van der Waals surface area contributed by atoms with Gasteiger partial charge in [0.1, 0.15) is 11.8 Å². The third-order valence-corrected chi connectivity index (χ3v) is 2.85. The molecule has 0 spiro atoms. The summed E-state index contributed by atoms with van der Waals surface area (Å²) in [6.45, 7) is 0. The first-order chi connectivity index (χ1) is 7.63. The second-order valence-corrected chi connectivity index (χ2v) is 4.07. The highest BCUT2D eigenvalue weighted by Gasteiger charge is 2.32. The van der Waals surface area contributed by atoms with Gasteiger partial charge in [0.15, 0.2) is 5.11 Å². The molecule has 84 valence electrons. The summed E-state index contributed by atoms with van der Waals surface area (Å²) in [7, 11) is 1.53. The standard InChI is InChI=1S/C10H9ClN2O2S/c1-15-6-4-2-3-5(11)7(6)8-9(14)13-10(16)12-8/h2-4,8H,1H3,(H2,12,13,14,16). The zero-order valence-corrected chi connectivity index (χ0v) is 9.98. The van der Waals surface area contributed by atoms with Crippen LogP contribution in [0, 0.1) is 0 Å². The van der Waals surface area contributed by atoms with Crippen LogP contribution < -0.4 is 15.4 Å². The maximum atomic E-state index is 11.6.